The number of esters is 1. The predicted octanol–water partition coefficient (Wildman–Crippen LogP) is -1.59. The zero-order chi connectivity index (χ0) is 23.1. The molecule has 2 aliphatic rings. The minimum atomic E-state index is -4.15. The number of nitrogens with one attached hydrogen (secondary N) is 1. The number of ether oxygens (including phenoxy) is 1. The highest BCUT2D eigenvalue weighted by molar-refractivity contribution is 7.92. The van der Waals surface area contributed by atoms with E-state index in [1.54, 1.807) is 0 Å². The molecule has 0 bridgehead atoms. The summed E-state index contributed by atoms with van der Waals surface area (Å²) in [7, 11) is -4.15. The number of rotatable bonds is 6. The minimum absolute atomic E-state index is 0.0835. The summed E-state index contributed by atoms with van der Waals surface area (Å²) in [6.45, 7) is 0.435. The van der Waals surface area contributed by atoms with Crippen molar-refractivity contribution in [3.05, 3.63) is 41.1 Å². The number of aliphatic carboxylic acids is 1. The van der Waals surface area contributed by atoms with Crippen LogP contribution in [0.25, 0.3) is 0 Å². The quantitative estimate of drug-likeness (QED) is 0.288. The highest BCUT2D eigenvalue weighted by atomic mass is 32.2. The van der Waals surface area contributed by atoms with Crippen LogP contribution in [-0.2, 0) is 33.8 Å². The highest BCUT2D eigenvalue weighted by Gasteiger charge is 2.60. The summed E-state index contributed by atoms with van der Waals surface area (Å²) in [5.74, 6) is -5.33. The number of carbonyl (C=O) groups excluding carboxylic acids is 3. The maximum Gasteiger partial charge on any atom is 0.352 e. The fourth-order valence-electron chi connectivity index (χ4n) is 3.36. The molecule has 3 atom stereocenters. The zero-order valence-electron chi connectivity index (χ0n) is 16.0. The Kier molecular flexibility index (Phi) is 5.74. The number of hydrogen-bond acceptors (Lipinski definition) is 9. The Balaban J connectivity index is 1.85. The van der Waals surface area contributed by atoms with Crippen molar-refractivity contribution in [2.24, 2.45) is 0 Å². The first-order valence-electron chi connectivity index (χ1n) is 8.84. The third-order valence-electron chi connectivity index (χ3n) is 4.77. The lowest BCUT2D eigenvalue weighted by Gasteiger charge is -2.49. The molecule has 12 nitrogen and oxygen atoms in total. The van der Waals surface area contributed by atoms with Crippen LogP contribution in [0.15, 0.2) is 35.5 Å². The Morgan fingerprint density at radius 2 is 1.87 bits per heavy atom. The average molecular weight is 454 g/mol. The number of amides is 2. The van der Waals surface area contributed by atoms with E-state index >= 15 is 0 Å². The summed E-state index contributed by atoms with van der Waals surface area (Å²) in [6.07, 6.45) is -1.76. The molecular weight excluding hydrogens is 436 g/mol. The van der Waals surface area contributed by atoms with Crippen LogP contribution in [0.3, 0.4) is 0 Å². The molecule has 0 aliphatic carbocycles. The second kappa shape index (κ2) is 8.00. The lowest BCUT2D eigenvalue weighted by Crippen LogP contribution is -2.75. The van der Waals surface area contributed by atoms with Gasteiger partial charge in [-0.1, -0.05) is 12.1 Å². The minimum Gasteiger partial charge on any atom is -0.508 e. The smallest absolute Gasteiger partial charge is 0.352 e. The predicted molar refractivity (Wildman–Crippen MR) is 101 cm³/mol. The van der Waals surface area contributed by atoms with Gasteiger partial charge in [0.2, 0.25) is 0 Å². The van der Waals surface area contributed by atoms with E-state index < -0.39 is 69.2 Å². The maximum atomic E-state index is 12.7. The third-order valence-corrected chi connectivity index (χ3v) is 6.74. The van der Waals surface area contributed by atoms with Crippen LogP contribution in [0.1, 0.15) is 18.6 Å². The zero-order valence-corrected chi connectivity index (χ0v) is 16.8. The van der Waals surface area contributed by atoms with Crippen molar-refractivity contribution in [1.82, 2.24) is 10.2 Å². The number of hydrogen-bond donors (Lipinski definition) is 4. The molecule has 2 amide bonds. The van der Waals surface area contributed by atoms with Crippen LogP contribution >= 0.6 is 0 Å². The van der Waals surface area contributed by atoms with Gasteiger partial charge in [0.15, 0.2) is 21.3 Å². The van der Waals surface area contributed by atoms with E-state index in [0.29, 0.717) is 4.90 Å². The van der Waals surface area contributed by atoms with E-state index in [-0.39, 0.29) is 16.9 Å². The van der Waals surface area contributed by atoms with Gasteiger partial charge >= 0.3 is 11.9 Å². The monoisotopic (exact) mass is 454 g/mol. The summed E-state index contributed by atoms with van der Waals surface area (Å²) in [5.41, 5.74) is -0.822. The van der Waals surface area contributed by atoms with E-state index in [2.05, 4.69) is 5.32 Å². The molecule has 0 aromatic heterocycles. The van der Waals surface area contributed by atoms with Crippen LogP contribution in [0.4, 0.5) is 0 Å². The maximum absolute atomic E-state index is 12.7. The van der Waals surface area contributed by atoms with E-state index in [0.717, 1.165) is 6.92 Å². The van der Waals surface area contributed by atoms with Gasteiger partial charge in [-0.25, -0.2) is 13.2 Å². The number of β-lactam (4-membered cyclic amide) rings is 1. The summed E-state index contributed by atoms with van der Waals surface area (Å²) in [4.78, 5) is 48.1. The third kappa shape index (κ3) is 4.09. The van der Waals surface area contributed by atoms with Crippen molar-refractivity contribution in [3.63, 3.8) is 0 Å². The number of sulfone groups is 1. The summed E-state index contributed by atoms with van der Waals surface area (Å²) >= 11 is 0. The molecule has 0 saturated carbocycles. The summed E-state index contributed by atoms with van der Waals surface area (Å²) in [5, 5.41) is 29.4. The molecular formula is C18H18N2O10S. The van der Waals surface area contributed by atoms with Crippen molar-refractivity contribution in [3.8, 4) is 5.75 Å². The Morgan fingerprint density at radius 3 is 2.42 bits per heavy atom. The second-order valence-electron chi connectivity index (χ2n) is 6.92. The van der Waals surface area contributed by atoms with Gasteiger partial charge in [0.1, 0.15) is 24.1 Å². The van der Waals surface area contributed by atoms with Crippen molar-refractivity contribution in [2.45, 2.75) is 24.4 Å². The second-order valence-corrected chi connectivity index (χ2v) is 9.02. The number of carboxylic acids is 1. The van der Waals surface area contributed by atoms with Gasteiger partial charge < -0.3 is 25.4 Å². The first-order valence-corrected chi connectivity index (χ1v) is 10.6. The molecule has 4 N–H and O–H groups in total. The molecule has 1 aromatic rings. The summed E-state index contributed by atoms with van der Waals surface area (Å²) < 4.78 is 30.1. The fourth-order valence-corrected chi connectivity index (χ4v) is 5.37. The largest absolute Gasteiger partial charge is 0.508 e. The molecule has 1 saturated heterocycles. The normalized spacial score (nSPS) is 22.8. The molecule has 31 heavy (non-hydrogen) atoms. The number of carboxylic acid groups (broad SMARTS) is 1. The Hall–Kier alpha value is -3.45. The van der Waals surface area contributed by atoms with Crippen LogP contribution in [-0.4, -0.2) is 76.2 Å². The van der Waals surface area contributed by atoms with E-state index in [4.69, 9.17) is 4.74 Å². The molecule has 0 radical (unpaired) electrons. The van der Waals surface area contributed by atoms with Crippen LogP contribution in [0, 0.1) is 0 Å². The van der Waals surface area contributed by atoms with Gasteiger partial charge in [0.25, 0.3) is 11.8 Å². The number of aliphatic hydroxyl groups excluding tert-OH is 1. The SMILES string of the molecule is CC(=O)OCC1=C(C(=O)O)N2C(=O)[C@H](NC(=O)C(O)c3ccc(O)cc3)[C@@H]2S(=O)(=O)C1. The van der Waals surface area contributed by atoms with Crippen LogP contribution < -0.4 is 5.32 Å². The molecule has 1 fully saturated rings. The Bertz CT molecular complexity index is 1090. The van der Waals surface area contributed by atoms with Crippen molar-refractivity contribution in [1.29, 1.82) is 0 Å². The number of phenolic OH excluding ortho intramolecular Hbond substituents is 1. The number of aromatic hydroxyl groups is 1. The molecule has 166 valence electrons. The Morgan fingerprint density at radius 1 is 1.26 bits per heavy atom. The standard InChI is InChI=1S/C18H18N2O10S/c1-8(21)30-6-10-7-31(28,29)17-12(16(25)20(17)13(10)18(26)27)19-15(24)14(23)9-2-4-11(22)5-3-9/h2-5,12,14,17,22-23H,6-7H2,1H3,(H,19,24)(H,26,27)/t12-,14?,17-/m0/s1. The number of phenols is 1. The van der Waals surface area contributed by atoms with E-state index in [9.17, 15) is 42.9 Å². The molecule has 3 rings (SSSR count). The molecule has 1 unspecified atom stereocenters. The first kappa shape index (κ1) is 22.2. The van der Waals surface area contributed by atoms with Gasteiger partial charge in [0.05, 0.1) is 5.75 Å². The van der Waals surface area contributed by atoms with Crippen LogP contribution in [0.2, 0.25) is 0 Å². The van der Waals surface area contributed by atoms with Crippen molar-refractivity contribution < 1.29 is 47.7 Å². The lowest BCUT2D eigenvalue weighted by atomic mass is 10.0. The topological polar surface area (TPSA) is 188 Å². The number of fused-ring (bicyclic) bond motifs is 1. The summed E-state index contributed by atoms with van der Waals surface area (Å²) in [6, 6.07) is 3.37. The molecule has 0 spiro atoms. The molecule has 2 aliphatic heterocycles. The molecule has 2 heterocycles. The number of aliphatic hydroxyl groups is 1. The number of carbonyl (C=O) groups is 4. The van der Waals surface area contributed by atoms with E-state index in [1.807, 2.05) is 0 Å². The molecule has 13 heteroatoms. The van der Waals surface area contributed by atoms with Crippen molar-refractivity contribution in [2.75, 3.05) is 12.4 Å². The highest BCUT2D eigenvalue weighted by Crippen LogP contribution is 2.37. The lowest BCUT2D eigenvalue weighted by molar-refractivity contribution is -0.152. The fraction of sp³-hybridized carbons (Fsp3) is 0.333. The number of nitrogens with zero attached hydrogens (tertiary/aromatic N) is 1. The van der Waals surface area contributed by atoms with Gasteiger partial charge in [-0.05, 0) is 17.7 Å². The van der Waals surface area contributed by atoms with Gasteiger partial charge in [-0.15, -0.1) is 0 Å². The van der Waals surface area contributed by atoms with Gasteiger partial charge in [0, 0.05) is 12.5 Å². The molecule has 1 aromatic carbocycles. The van der Waals surface area contributed by atoms with Gasteiger partial charge in [-0.2, -0.15) is 0 Å². The van der Waals surface area contributed by atoms with Crippen molar-refractivity contribution >= 4 is 33.6 Å². The van der Waals surface area contributed by atoms with Gasteiger partial charge in [-0.3, -0.25) is 19.3 Å². The van der Waals surface area contributed by atoms with E-state index in [1.165, 1.54) is 24.3 Å². The number of benzene rings is 1. The van der Waals surface area contributed by atoms with Crippen LogP contribution in [0.5, 0.6) is 5.75 Å². The first-order chi connectivity index (χ1) is 14.4. The average Bonchev–Trinajstić information content (AvgIpc) is 2.69. The Labute approximate surface area is 175 Å².